The molecule has 0 N–H and O–H groups in total. The minimum atomic E-state index is 0.109. The molecule has 3 fully saturated rings. The van der Waals surface area contributed by atoms with Crippen LogP contribution in [0.2, 0.25) is 0 Å². The molecule has 0 aromatic heterocycles. The number of rotatable bonds is 8. The Morgan fingerprint density at radius 2 is 2.07 bits per heavy atom. The second kappa shape index (κ2) is 10.1. The zero-order chi connectivity index (χ0) is 21.0. The Balaban J connectivity index is 1.04. The van der Waals surface area contributed by atoms with E-state index in [-0.39, 0.29) is 7.09 Å². The van der Waals surface area contributed by atoms with E-state index in [1.165, 1.54) is 51.4 Å². The fourth-order valence-electron chi connectivity index (χ4n) is 6.86. The first-order valence-electron chi connectivity index (χ1n) is 13.0. The molecule has 5 rings (SSSR count). The van der Waals surface area contributed by atoms with E-state index in [0.717, 1.165) is 61.0 Å². The van der Waals surface area contributed by atoms with E-state index in [1.54, 1.807) is 11.1 Å². The predicted octanol–water partition coefficient (Wildman–Crippen LogP) is 7.26. The molecule has 166 valence electrons. The van der Waals surface area contributed by atoms with Gasteiger partial charge in [-0.05, 0) is 105 Å². The average Bonchev–Trinajstić information content (AvgIpc) is 3.45. The van der Waals surface area contributed by atoms with Crippen LogP contribution in [0.3, 0.4) is 0 Å². The van der Waals surface area contributed by atoms with Gasteiger partial charge in [-0.2, -0.15) is 0 Å². The number of methoxy groups -OCH3 is 1. The summed E-state index contributed by atoms with van der Waals surface area (Å²) in [7, 11) is 4.11. The summed E-state index contributed by atoms with van der Waals surface area (Å²) in [4.78, 5) is 0. The van der Waals surface area contributed by atoms with Crippen molar-refractivity contribution in [3.63, 3.8) is 0 Å². The van der Waals surface area contributed by atoms with Crippen LogP contribution >= 0.6 is 21.6 Å². The Hall–Kier alpha value is -0.320. The van der Waals surface area contributed by atoms with Crippen molar-refractivity contribution < 1.29 is 10.8 Å². The summed E-state index contributed by atoms with van der Waals surface area (Å²) in [5.74, 6) is 6.08. The second-order valence-electron chi connectivity index (χ2n) is 9.95. The van der Waals surface area contributed by atoms with E-state index in [4.69, 9.17) is 10.8 Å². The van der Waals surface area contributed by atoms with Gasteiger partial charge in [-0.3, -0.25) is 0 Å². The molecule has 3 unspecified atom stereocenters. The smallest absolute Gasteiger partial charge is 0.119 e. The lowest BCUT2D eigenvalue weighted by atomic mass is 9.61. The summed E-state index contributed by atoms with van der Waals surface area (Å²) in [6.07, 6.45) is 14.9. The van der Waals surface area contributed by atoms with E-state index in [1.807, 2.05) is 21.6 Å². The number of ether oxygens (including phenoxy) is 2. The van der Waals surface area contributed by atoms with E-state index in [2.05, 4.69) is 18.2 Å². The molecule has 0 bridgehead atoms. The first kappa shape index (κ1) is 20.3. The highest BCUT2D eigenvalue weighted by atomic mass is 33.1. The lowest BCUT2D eigenvalue weighted by Crippen LogP contribution is -2.34. The second-order valence-corrected chi connectivity index (χ2v) is 12.7. The van der Waals surface area contributed by atoms with Crippen molar-refractivity contribution in [1.82, 2.24) is 0 Å². The normalized spacial score (nSPS) is 35.4. The summed E-state index contributed by atoms with van der Waals surface area (Å²) in [5.41, 5.74) is 3.23. The van der Waals surface area contributed by atoms with Gasteiger partial charge in [-0.1, -0.05) is 40.5 Å². The molecule has 0 aliphatic heterocycles. The zero-order valence-corrected chi connectivity index (χ0v) is 19.9. The maximum absolute atomic E-state index is 7.19. The van der Waals surface area contributed by atoms with Gasteiger partial charge < -0.3 is 9.47 Å². The Morgan fingerprint density at radius 3 is 3.03 bits per heavy atom. The molecule has 3 saturated carbocycles. The largest absolute Gasteiger partial charge is 0.494 e. The molecule has 0 heterocycles. The molecule has 6 atom stereocenters. The molecule has 4 heteroatoms. The quantitative estimate of drug-likeness (QED) is 0.308. The Bertz CT molecular complexity index is 729. The third-order valence-corrected chi connectivity index (χ3v) is 11.3. The number of aryl methyl sites for hydroxylation is 1. The van der Waals surface area contributed by atoms with Crippen LogP contribution in [-0.4, -0.2) is 30.8 Å². The minimum Gasteiger partial charge on any atom is -0.494 e. The van der Waals surface area contributed by atoms with Crippen molar-refractivity contribution >= 4 is 21.6 Å². The predicted molar refractivity (Wildman–Crippen MR) is 130 cm³/mol. The van der Waals surface area contributed by atoms with Gasteiger partial charge in [-0.25, -0.2) is 0 Å². The van der Waals surface area contributed by atoms with E-state index in [9.17, 15) is 0 Å². The van der Waals surface area contributed by atoms with E-state index in [0.29, 0.717) is 11.4 Å². The Kier molecular flexibility index (Phi) is 6.82. The van der Waals surface area contributed by atoms with E-state index >= 15 is 0 Å². The van der Waals surface area contributed by atoms with Gasteiger partial charge in [0.1, 0.15) is 5.75 Å². The van der Waals surface area contributed by atoms with Gasteiger partial charge in [0.15, 0.2) is 0 Å². The number of hydrogen-bond donors (Lipinski definition) is 0. The average molecular weight is 448 g/mol. The summed E-state index contributed by atoms with van der Waals surface area (Å²) in [5, 5.41) is 0.700. The van der Waals surface area contributed by atoms with Gasteiger partial charge >= 0.3 is 0 Å². The van der Waals surface area contributed by atoms with Crippen molar-refractivity contribution in [3.05, 3.63) is 29.3 Å². The van der Waals surface area contributed by atoms with Crippen LogP contribution in [0.1, 0.15) is 82.6 Å². The molecule has 0 amide bonds. The number of benzene rings is 1. The monoisotopic (exact) mass is 447 g/mol. The number of fused-ring (bicyclic) bond motifs is 5. The molecular weight excluding hydrogens is 408 g/mol. The Labute approximate surface area is 192 Å². The van der Waals surface area contributed by atoms with Gasteiger partial charge in [0.2, 0.25) is 0 Å². The van der Waals surface area contributed by atoms with Crippen LogP contribution in [0.4, 0.5) is 0 Å². The highest BCUT2D eigenvalue weighted by Gasteiger charge is 2.43. The molecule has 1 aromatic rings. The summed E-state index contributed by atoms with van der Waals surface area (Å²) in [6, 6.07) is 7.02. The molecule has 0 spiro atoms. The van der Waals surface area contributed by atoms with Crippen molar-refractivity contribution in [3.8, 4) is 5.75 Å². The lowest BCUT2D eigenvalue weighted by molar-refractivity contribution is 0.109. The molecule has 30 heavy (non-hydrogen) atoms. The van der Waals surface area contributed by atoms with Gasteiger partial charge in [0.05, 0.1) is 14.1 Å². The highest BCUT2D eigenvalue weighted by molar-refractivity contribution is 8.76. The molecule has 4 aliphatic carbocycles. The standard InChI is InChI=1S/C26H38O2S2/c1-27-20-8-10-22(17-20)30-29-15-3-14-28-21-9-13-24-19(16-21)7-12-25-23-5-2-4-18(23)6-11-26(24)25/h9,13,16,18,20,22-23,25-26H,2-8,10-12,14-15,17H2,1H3/t18?,20?,22?,23-,25+,26-/m1/s1/i1D. The summed E-state index contributed by atoms with van der Waals surface area (Å²) in [6.45, 7) is 0.817. The molecular formula is C26H38O2S2. The van der Waals surface area contributed by atoms with Crippen molar-refractivity contribution in [2.45, 2.75) is 87.9 Å². The molecule has 0 saturated heterocycles. The topological polar surface area (TPSA) is 18.5 Å². The maximum atomic E-state index is 7.19. The highest BCUT2D eigenvalue weighted by Crippen LogP contribution is 2.55. The summed E-state index contributed by atoms with van der Waals surface area (Å²) < 4.78 is 18.8. The van der Waals surface area contributed by atoms with Crippen LogP contribution in [0.5, 0.6) is 5.75 Å². The molecule has 1 aromatic carbocycles. The van der Waals surface area contributed by atoms with Crippen molar-refractivity contribution in [2.75, 3.05) is 19.4 Å². The maximum Gasteiger partial charge on any atom is 0.119 e. The molecule has 0 radical (unpaired) electrons. The third kappa shape index (κ3) is 4.71. The summed E-state index contributed by atoms with van der Waals surface area (Å²) >= 11 is 0. The SMILES string of the molecule is [2H]COC1CCC(SSCCCOc2ccc3c(c2)CC[C@@H]2[C@@H]3CCC3CCC[C@H]32)C1. The van der Waals surface area contributed by atoms with Crippen LogP contribution in [-0.2, 0) is 11.2 Å². The fourth-order valence-corrected chi connectivity index (χ4v) is 9.65. The van der Waals surface area contributed by atoms with Crippen molar-refractivity contribution in [2.24, 2.45) is 17.8 Å². The molecule has 4 aliphatic rings. The van der Waals surface area contributed by atoms with Crippen LogP contribution < -0.4 is 4.74 Å². The molecule has 2 nitrogen and oxygen atoms in total. The third-order valence-electron chi connectivity index (χ3n) is 8.31. The van der Waals surface area contributed by atoms with Crippen LogP contribution in [0, 0.1) is 17.8 Å². The van der Waals surface area contributed by atoms with Gasteiger partial charge in [0, 0.05) is 18.1 Å². The zero-order valence-electron chi connectivity index (χ0n) is 19.2. The lowest BCUT2D eigenvalue weighted by Gasteiger charge is -2.44. The van der Waals surface area contributed by atoms with Crippen LogP contribution in [0.15, 0.2) is 18.2 Å². The minimum absolute atomic E-state index is 0.109. The van der Waals surface area contributed by atoms with E-state index < -0.39 is 0 Å². The fraction of sp³-hybridized carbons (Fsp3) is 0.769. The van der Waals surface area contributed by atoms with Crippen molar-refractivity contribution in [1.29, 1.82) is 0 Å². The van der Waals surface area contributed by atoms with Gasteiger partial charge in [0.25, 0.3) is 0 Å². The Morgan fingerprint density at radius 1 is 1.07 bits per heavy atom. The first-order valence-corrected chi connectivity index (χ1v) is 14.6. The van der Waals surface area contributed by atoms with Gasteiger partial charge in [-0.15, -0.1) is 0 Å². The first-order chi connectivity index (χ1) is 15.3. The number of hydrogen-bond acceptors (Lipinski definition) is 4. The van der Waals surface area contributed by atoms with Crippen LogP contribution in [0.25, 0.3) is 0 Å².